The molecule has 1 fully saturated rings. The van der Waals surface area contributed by atoms with Crippen LogP contribution in [-0.2, 0) is 12.0 Å². The summed E-state index contributed by atoms with van der Waals surface area (Å²) in [5, 5.41) is 3.43. The van der Waals surface area contributed by atoms with Crippen molar-refractivity contribution >= 4 is 0 Å². The Balaban J connectivity index is 1.97. The van der Waals surface area contributed by atoms with Crippen molar-refractivity contribution in [3.05, 3.63) is 35.4 Å². The number of hydrogen-bond donors (Lipinski definition) is 1. The maximum Gasteiger partial charge on any atom is 0.0234 e. The summed E-state index contributed by atoms with van der Waals surface area (Å²) in [5.74, 6) is 0. The van der Waals surface area contributed by atoms with E-state index in [1.54, 1.807) is 0 Å². The number of benzene rings is 1. The molecule has 0 aromatic heterocycles. The monoisotopic (exact) mass is 246 g/mol. The van der Waals surface area contributed by atoms with Gasteiger partial charge in [-0.05, 0) is 36.6 Å². The van der Waals surface area contributed by atoms with Crippen LogP contribution in [0.1, 0.15) is 38.3 Å². The molecule has 1 saturated heterocycles. The second-order valence-corrected chi connectivity index (χ2v) is 6.51. The van der Waals surface area contributed by atoms with Gasteiger partial charge in [0.15, 0.2) is 0 Å². The SMILES string of the molecule is CN(Cc1ccc(C(C)(C)C)cc1)C1CCNC1. The quantitative estimate of drug-likeness (QED) is 0.882. The largest absolute Gasteiger partial charge is 0.315 e. The maximum atomic E-state index is 3.43. The lowest BCUT2D eigenvalue weighted by Gasteiger charge is -2.24. The summed E-state index contributed by atoms with van der Waals surface area (Å²) in [6.07, 6.45) is 1.27. The number of rotatable bonds is 3. The van der Waals surface area contributed by atoms with E-state index >= 15 is 0 Å². The third-order valence-corrected chi connectivity index (χ3v) is 3.91. The van der Waals surface area contributed by atoms with Gasteiger partial charge in [0.05, 0.1) is 0 Å². The van der Waals surface area contributed by atoms with E-state index in [-0.39, 0.29) is 5.41 Å². The molecular formula is C16H26N2. The smallest absolute Gasteiger partial charge is 0.0234 e. The van der Waals surface area contributed by atoms with Crippen molar-refractivity contribution in [2.75, 3.05) is 20.1 Å². The summed E-state index contributed by atoms with van der Waals surface area (Å²) >= 11 is 0. The molecule has 1 heterocycles. The van der Waals surface area contributed by atoms with Gasteiger partial charge >= 0.3 is 0 Å². The molecule has 1 aliphatic heterocycles. The molecule has 0 bridgehead atoms. The molecule has 2 heteroatoms. The van der Waals surface area contributed by atoms with Crippen molar-refractivity contribution < 1.29 is 0 Å². The highest BCUT2D eigenvalue weighted by molar-refractivity contribution is 5.27. The highest BCUT2D eigenvalue weighted by Gasteiger charge is 2.19. The van der Waals surface area contributed by atoms with Crippen molar-refractivity contribution in [2.24, 2.45) is 0 Å². The number of nitrogens with zero attached hydrogens (tertiary/aromatic N) is 1. The van der Waals surface area contributed by atoms with Crippen molar-refractivity contribution in [2.45, 2.75) is 45.2 Å². The van der Waals surface area contributed by atoms with E-state index in [1.165, 1.54) is 17.5 Å². The van der Waals surface area contributed by atoms with Crippen molar-refractivity contribution in [1.29, 1.82) is 0 Å². The van der Waals surface area contributed by atoms with Gasteiger partial charge in [-0.25, -0.2) is 0 Å². The Morgan fingerprint density at radius 3 is 2.39 bits per heavy atom. The Morgan fingerprint density at radius 2 is 1.89 bits per heavy atom. The minimum atomic E-state index is 0.250. The molecule has 18 heavy (non-hydrogen) atoms. The van der Waals surface area contributed by atoms with Gasteiger partial charge in [0.2, 0.25) is 0 Å². The summed E-state index contributed by atoms with van der Waals surface area (Å²) < 4.78 is 0. The predicted octanol–water partition coefficient (Wildman–Crippen LogP) is 2.78. The molecule has 0 saturated carbocycles. The first-order valence-corrected chi connectivity index (χ1v) is 6.97. The van der Waals surface area contributed by atoms with Crippen LogP contribution < -0.4 is 5.32 Å². The van der Waals surface area contributed by atoms with Gasteiger partial charge in [-0.1, -0.05) is 45.0 Å². The zero-order valence-electron chi connectivity index (χ0n) is 12.2. The average molecular weight is 246 g/mol. The number of hydrogen-bond acceptors (Lipinski definition) is 2. The van der Waals surface area contributed by atoms with Crippen LogP contribution in [0.3, 0.4) is 0 Å². The number of likely N-dealkylation sites (N-methyl/N-ethyl adjacent to an activating group) is 1. The second-order valence-electron chi connectivity index (χ2n) is 6.51. The van der Waals surface area contributed by atoms with Crippen molar-refractivity contribution in [3.63, 3.8) is 0 Å². The minimum Gasteiger partial charge on any atom is -0.315 e. The van der Waals surface area contributed by atoms with E-state index in [9.17, 15) is 0 Å². The van der Waals surface area contributed by atoms with Crippen LogP contribution in [0.5, 0.6) is 0 Å². The molecule has 1 aromatic rings. The van der Waals surface area contributed by atoms with Gasteiger partial charge in [-0.2, -0.15) is 0 Å². The Bertz CT molecular complexity index is 369. The fourth-order valence-electron chi connectivity index (χ4n) is 2.54. The zero-order chi connectivity index (χ0) is 13.2. The van der Waals surface area contributed by atoms with Crippen LogP contribution in [0.4, 0.5) is 0 Å². The van der Waals surface area contributed by atoms with Gasteiger partial charge < -0.3 is 5.32 Å². The lowest BCUT2D eigenvalue weighted by Crippen LogP contribution is -2.32. The van der Waals surface area contributed by atoms with Gasteiger partial charge in [-0.3, -0.25) is 4.90 Å². The molecule has 1 N–H and O–H groups in total. The van der Waals surface area contributed by atoms with E-state index in [2.05, 4.69) is 62.3 Å². The van der Waals surface area contributed by atoms with Crippen LogP contribution >= 0.6 is 0 Å². The summed E-state index contributed by atoms with van der Waals surface area (Å²) in [6.45, 7) is 10.1. The molecule has 2 rings (SSSR count). The highest BCUT2D eigenvalue weighted by atomic mass is 15.2. The fourth-order valence-corrected chi connectivity index (χ4v) is 2.54. The third kappa shape index (κ3) is 3.33. The molecule has 1 aromatic carbocycles. The summed E-state index contributed by atoms with van der Waals surface area (Å²) in [7, 11) is 2.23. The lowest BCUT2D eigenvalue weighted by molar-refractivity contribution is 0.249. The van der Waals surface area contributed by atoms with E-state index in [0.717, 1.165) is 19.6 Å². The Morgan fingerprint density at radius 1 is 1.22 bits per heavy atom. The van der Waals surface area contributed by atoms with Gasteiger partial charge in [0, 0.05) is 19.1 Å². The fraction of sp³-hybridized carbons (Fsp3) is 0.625. The molecule has 1 atom stereocenters. The van der Waals surface area contributed by atoms with Gasteiger partial charge in [-0.15, -0.1) is 0 Å². The minimum absolute atomic E-state index is 0.250. The first-order chi connectivity index (χ1) is 8.47. The summed E-state index contributed by atoms with van der Waals surface area (Å²) in [6, 6.07) is 9.80. The van der Waals surface area contributed by atoms with Crippen LogP contribution in [0.15, 0.2) is 24.3 Å². The third-order valence-electron chi connectivity index (χ3n) is 3.91. The van der Waals surface area contributed by atoms with Crippen LogP contribution in [0, 0.1) is 0 Å². The predicted molar refractivity (Wildman–Crippen MR) is 77.9 cm³/mol. The molecule has 0 amide bonds. The average Bonchev–Trinajstić information content (AvgIpc) is 2.82. The standard InChI is InChI=1S/C16H26N2/c1-16(2,3)14-7-5-13(6-8-14)12-18(4)15-9-10-17-11-15/h5-8,15,17H,9-12H2,1-4H3. The molecule has 2 nitrogen and oxygen atoms in total. The maximum absolute atomic E-state index is 3.43. The summed E-state index contributed by atoms with van der Waals surface area (Å²) in [4.78, 5) is 2.46. The lowest BCUT2D eigenvalue weighted by atomic mass is 9.87. The first-order valence-electron chi connectivity index (χ1n) is 6.97. The molecule has 1 unspecified atom stereocenters. The van der Waals surface area contributed by atoms with Gasteiger partial charge in [0.25, 0.3) is 0 Å². The summed E-state index contributed by atoms with van der Waals surface area (Å²) in [5.41, 5.74) is 3.08. The Labute approximate surface area is 111 Å². The molecule has 100 valence electrons. The van der Waals surface area contributed by atoms with Crippen LogP contribution in [0.2, 0.25) is 0 Å². The molecule has 0 spiro atoms. The number of nitrogens with one attached hydrogen (secondary N) is 1. The molecule has 0 radical (unpaired) electrons. The normalized spacial score (nSPS) is 20.6. The highest BCUT2D eigenvalue weighted by Crippen LogP contribution is 2.22. The Hall–Kier alpha value is -0.860. The van der Waals surface area contributed by atoms with Gasteiger partial charge in [0.1, 0.15) is 0 Å². The van der Waals surface area contributed by atoms with E-state index in [0.29, 0.717) is 6.04 Å². The van der Waals surface area contributed by atoms with Crippen LogP contribution in [-0.4, -0.2) is 31.1 Å². The molecule has 0 aliphatic carbocycles. The zero-order valence-corrected chi connectivity index (χ0v) is 12.2. The van der Waals surface area contributed by atoms with E-state index in [4.69, 9.17) is 0 Å². The molecular weight excluding hydrogens is 220 g/mol. The molecule has 1 aliphatic rings. The van der Waals surface area contributed by atoms with Crippen LogP contribution in [0.25, 0.3) is 0 Å². The first kappa shape index (κ1) is 13.6. The van der Waals surface area contributed by atoms with E-state index < -0.39 is 0 Å². The van der Waals surface area contributed by atoms with E-state index in [1.807, 2.05) is 0 Å². The second kappa shape index (κ2) is 5.41. The Kier molecular flexibility index (Phi) is 4.08. The van der Waals surface area contributed by atoms with Crippen molar-refractivity contribution in [3.8, 4) is 0 Å². The topological polar surface area (TPSA) is 15.3 Å². The van der Waals surface area contributed by atoms with Crippen molar-refractivity contribution in [1.82, 2.24) is 10.2 Å².